The molecule has 7 heteroatoms. The van der Waals surface area contributed by atoms with Gasteiger partial charge in [0.2, 0.25) is 0 Å². The van der Waals surface area contributed by atoms with Gasteiger partial charge < -0.3 is 20.3 Å². The van der Waals surface area contributed by atoms with E-state index in [1.807, 2.05) is 114 Å². The summed E-state index contributed by atoms with van der Waals surface area (Å²) in [6, 6.07) is 44.3. The highest BCUT2D eigenvalue weighted by Gasteiger charge is 2.26. The number of para-hydroxylation sites is 1. The molecule has 47 heavy (non-hydrogen) atoms. The summed E-state index contributed by atoms with van der Waals surface area (Å²) >= 11 is 0. The lowest BCUT2D eigenvalue weighted by molar-refractivity contribution is 0.0644. The van der Waals surface area contributed by atoms with Crippen LogP contribution in [0.1, 0.15) is 33.2 Å². The van der Waals surface area contributed by atoms with Gasteiger partial charge in [-0.2, -0.15) is 0 Å². The van der Waals surface area contributed by atoms with E-state index in [-0.39, 0.29) is 5.91 Å². The van der Waals surface area contributed by atoms with Gasteiger partial charge in [0.15, 0.2) is 0 Å². The predicted molar refractivity (Wildman–Crippen MR) is 189 cm³/mol. The number of carbonyl (C=O) groups is 2. The Morgan fingerprint density at radius 3 is 1.83 bits per heavy atom. The molecule has 1 aliphatic rings. The molecule has 2 N–H and O–H groups in total. The highest BCUT2D eigenvalue weighted by Crippen LogP contribution is 2.33. The summed E-state index contributed by atoms with van der Waals surface area (Å²) in [4.78, 5) is 31.3. The molecule has 0 atom stereocenters. The second-order valence-electron chi connectivity index (χ2n) is 11.4. The molecule has 0 bridgehead atoms. The molecule has 0 aliphatic carbocycles. The smallest absolute Gasteiger partial charge is 0.323 e. The van der Waals surface area contributed by atoms with Crippen LogP contribution in [0.5, 0.6) is 5.75 Å². The number of anilines is 2. The highest BCUT2D eigenvalue weighted by atomic mass is 16.5. The molecule has 0 aromatic heterocycles. The zero-order chi connectivity index (χ0) is 32.3. The number of hydrogen-bond donors (Lipinski definition) is 2. The zero-order valence-electron chi connectivity index (χ0n) is 26.2. The van der Waals surface area contributed by atoms with E-state index < -0.39 is 12.1 Å². The molecule has 1 heterocycles. The van der Waals surface area contributed by atoms with Gasteiger partial charge in [0.25, 0.3) is 5.91 Å². The van der Waals surface area contributed by atoms with E-state index in [4.69, 9.17) is 4.74 Å². The predicted octanol–water partition coefficient (Wildman–Crippen LogP) is 7.97. The molecule has 0 spiro atoms. The average Bonchev–Trinajstić information content (AvgIpc) is 3.12. The van der Waals surface area contributed by atoms with Crippen molar-refractivity contribution in [2.24, 2.45) is 0 Å². The third-order valence-corrected chi connectivity index (χ3v) is 8.08. The van der Waals surface area contributed by atoms with E-state index in [2.05, 4.69) is 39.8 Å². The van der Waals surface area contributed by atoms with Crippen molar-refractivity contribution >= 4 is 29.4 Å². The van der Waals surface area contributed by atoms with Gasteiger partial charge in [-0.1, -0.05) is 121 Å². The zero-order valence-corrected chi connectivity index (χ0v) is 26.2. The third-order valence-electron chi connectivity index (χ3n) is 8.08. The monoisotopic (exact) mass is 622 g/mol. The Morgan fingerprint density at radius 1 is 0.660 bits per heavy atom. The first kappa shape index (κ1) is 31.3. The minimum atomic E-state index is -0.433. The fourth-order valence-corrected chi connectivity index (χ4v) is 5.61. The Bertz CT molecular complexity index is 1730. The van der Waals surface area contributed by atoms with Crippen LogP contribution in [-0.2, 0) is 0 Å². The fraction of sp³-hybridized carbons (Fsp3) is 0.150. The molecular weight excluding hydrogens is 584 g/mol. The molecule has 1 aliphatic heterocycles. The number of urea groups is 1. The number of piperazine rings is 1. The number of hydrogen-bond acceptors (Lipinski definition) is 4. The van der Waals surface area contributed by atoms with Crippen LogP contribution in [0.15, 0.2) is 146 Å². The molecule has 0 radical (unpaired) electrons. The Labute approximate surface area is 276 Å². The van der Waals surface area contributed by atoms with Crippen molar-refractivity contribution in [2.45, 2.75) is 6.10 Å². The second-order valence-corrected chi connectivity index (χ2v) is 11.4. The topological polar surface area (TPSA) is 73.9 Å². The molecule has 5 aromatic carbocycles. The molecule has 0 unspecified atom stereocenters. The van der Waals surface area contributed by atoms with Crippen molar-refractivity contribution in [3.63, 3.8) is 0 Å². The van der Waals surface area contributed by atoms with Crippen molar-refractivity contribution in [2.75, 3.05) is 43.4 Å². The highest BCUT2D eigenvalue weighted by molar-refractivity contribution is 6.02. The standard InChI is InChI=1S/C40H38N4O3/c45-39(44-28-26-43(27-29-44)25-13-16-31-14-5-1-6-15-31)36-30-35(42-40(46)41-34-21-11-4-12-22-34)23-24-37(36)47-38(32-17-7-2-8-18-32)33-19-9-3-10-20-33/h1-24,30,38H,25-29H2,(H2,41,42,46). The summed E-state index contributed by atoms with van der Waals surface area (Å²) in [6.45, 7) is 3.51. The summed E-state index contributed by atoms with van der Waals surface area (Å²) in [6.07, 6.45) is 3.86. The first-order valence-corrected chi connectivity index (χ1v) is 15.9. The van der Waals surface area contributed by atoms with Crippen LogP contribution >= 0.6 is 0 Å². The molecule has 1 saturated heterocycles. The summed E-state index contributed by atoms with van der Waals surface area (Å²) in [5.41, 5.74) is 4.68. The molecule has 6 rings (SSSR count). The van der Waals surface area contributed by atoms with E-state index in [0.29, 0.717) is 35.8 Å². The SMILES string of the molecule is O=C(Nc1ccccc1)Nc1ccc(OC(c2ccccc2)c2ccccc2)c(C(=O)N2CCN(CC=Cc3ccccc3)CC2)c1. The third kappa shape index (κ3) is 8.54. The number of nitrogens with zero attached hydrogens (tertiary/aromatic N) is 2. The van der Waals surface area contributed by atoms with Gasteiger partial charge in [0.1, 0.15) is 11.9 Å². The number of rotatable bonds is 10. The average molecular weight is 623 g/mol. The van der Waals surface area contributed by atoms with Crippen LogP contribution in [0.25, 0.3) is 6.08 Å². The molecule has 1 fully saturated rings. The molecule has 236 valence electrons. The number of benzene rings is 5. The Hall–Kier alpha value is -5.66. The second kappa shape index (κ2) is 15.6. The van der Waals surface area contributed by atoms with Gasteiger partial charge in [-0.15, -0.1) is 0 Å². The Balaban J connectivity index is 1.22. The maximum absolute atomic E-state index is 14.2. The van der Waals surface area contributed by atoms with Gasteiger partial charge in [-0.05, 0) is 47.0 Å². The van der Waals surface area contributed by atoms with Gasteiger partial charge >= 0.3 is 6.03 Å². The summed E-state index contributed by atoms with van der Waals surface area (Å²) in [5, 5.41) is 5.72. The maximum Gasteiger partial charge on any atom is 0.323 e. The first-order valence-electron chi connectivity index (χ1n) is 15.9. The van der Waals surface area contributed by atoms with Crippen molar-refractivity contribution < 1.29 is 14.3 Å². The summed E-state index contributed by atoms with van der Waals surface area (Å²) in [7, 11) is 0. The van der Waals surface area contributed by atoms with Crippen LogP contribution in [0.2, 0.25) is 0 Å². The molecule has 7 nitrogen and oxygen atoms in total. The lowest BCUT2D eigenvalue weighted by atomic mass is 10.0. The van der Waals surface area contributed by atoms with E-state index >= 15 is 0 Å². The van der Waals surface area contributed by atoms with Crippen molar-refractivity contribution in [3.05, 3.63) is 168 Å². The van der Waals surface area contributed by atoms with E-state index in [1.54, 1.807) is 18.2 Å². The van der Waals surface area contributed by atoms with Gasteiger partial charge in [-0.25, -0.2) is 4.79 Å². The van der Waals surface area contributed by atoms with Crippen molar-refractivity contribution in [1.82, 2.24) is 9.80 Å². The van der Waals surface area contributed by atoms with Crippen LogP contribution in [0, 0.1) is 0 Å². The molecule has 3 amide bonds. The number of ether oxygens (including phenoxy) is 1. The number of carbonyl (C=O) groups excluding carboxylic acids is 2. The van der Waals surface area contributed by atoms with Gasteiger partial charge in [0, 0.05) is 44.1 Å². The quantitative estimate of drug-likeness (QED) is 0.166. The minimum Gasteiger partial charge on any atom is -0.480 e. The molecular formula is C40H38N4O3. The fourth-order valence-electron chi connectivity index (χ4n) is 5.61. The summed E-state index contributed by atoms with van der Waals surface area (Å²) in [5.74, 6) is 0.321. The van der Waals surface area contributed by atoms with Crippen LogP contribution in [-0.4, -0.2) is 54.5 Å². The normalized spacial score (nSPS) is 13.4. The van der Waals surface area contributed by atoms with Crippen molar-refractivity contribution in [1.29, 1.82) is 0 Å². The molecule has 0 saturated carbocycles. The van der Waals surface area contributed by atoms with Crippen LogP contribution in [0.4, 0.5) is 16.2 Å². The summed E-state index contributed by atoms with van der Waals surface area (Å²) < 4.78 is 6.71. The first-order chi connectivity index (χ1) is 23.1. The largest absolute Gasteiger partial charge is 0.480 e. The minimum absolute atomic E-state index is 0.133. The van der Waals surface area contributed by atoms with Crippen molar-refractivity contribution in [3.8, 4) is 5.75 Å². The van der Waals surface area contributed by atoms with E-state index in [1.165, 1.54) is 5.56 Å². The Kier molecular flexibility index (Phi) is 10.4. The van der Waals surface area contributed by atoms with Crippen LogP contribution in [0.3, 0.4) is 0 Å². The number of amides is 3. The van der Waals surface area contributed by atoms with Gasteiger partial charge in [-0.3, -0.25) is 9.69 Å². The Morgan fingerprint density at radius 2 is 1.21 bits per heavy atom. The van der Waals surface area contributed by atoms with E-state index in [0.717, 1.165) is 30.8 Å². The maximum atomic E-state index is 14.2. The van der Waals surface area contributed by atoms with Crippen LogP contribution < -0.4 is 15.4 Å². The van der Waals surface area contributed by atoms with E-state index in [9.17, 15) is 9.59 Å². The van der Waals surface area contributed by atoms with Gasteiger partial charge in [0.05, 0.1) is 5.56 Å². The lowest BCUT2D eigenvalue weighted by Gasteiger charge is -2.34. The molecule has 5 aromatic rings. The lowest BCUT2D eigenvalue weighted by Crippen LogP contribution is -2.48. The number of nitrogens with one attached hydrogen (secondary N) is 2.